The van der Waals surface area contributed by atoms with Gasteiger partial charge in [-0.15, -0.1) is 0 Å². The molecule has 1 aromatic heterocycles. The Morgan fingerprint density at radius 1 is 1.05 bits per heavy atom. The van der Waals surface area contributed by atoms with Crippen molar-refractivity contribution in [1.82, 2.24) is 4.98 Å². The molecular weight excluding hydrogens is 354 g/mol. The van der Waals surface area contributed by atoms with Crippen LogP contribution in [0.4, 0.5) is 0 Å². The highest BCUT2D eigenvalue weighted by molar-refractivity contribution is 9.10. The zero-order chi connectivity index (χ0) is 15.0. The van der Waals surface area contributed by atoms with Crippen LogP contribution in [-0.2, 0) is 16.4 Å². The van der Waals surface area contributed by atoms with E-state index in [4.69, 9.17) is 0 Å². The molecule has 21 heavy (non-hydrogen) atoms. The molecule has 0 aliphatic heterocycles. The maximum Gasteiger partial charge on any atom is 0.206 e. The number of H-pyrrole nitrogens is 1. The van der Waals surface area contributed by atoms with Gasteiger partial charge < -0.3 is 10.1 Å². The molecular formula is C15H12BrNO3S. The van der Waals surface area contributed by atoms with Crippen molar-refractivity contribution in [2.24, 2.45) is 0 Å². The van der Waals surface area contributed by atoms with Gasteiger partial charge in [-0.2, -0.15) is 0 Å². The van der Waals surface area contributed by atoms with Gasteiger partial charge in [0.15, 0.2) is 0 Å². The lowest BCUT2D eigenvalue weighted by Crippen LogP contribution is -2.01. The van der Waals surface area contributed by atoms with Crippen molar-refractivity contribution < 1.29 is 13.5 Å². The van der Waals surface area contributed by atoms with Crippen molar-refractivity contribution >= 4 is 36.7 Å². The van der Waals surface area contributed by atoms with Crippen molar-refractivity contribution in [1.29, 1.82) is 0 Å². The maximum absolute atomic E-state index is 12.6. The van der Waals surface area contributed by atoms with Crippen LogP contribution in [0.5, 0.6) is 0 Å². The van der Waals surface area contributed by atoms with E-state index in [1.54, 1.807) is 48.5 Å². The highest BCUT2D eigenvalue weighted by atomic mass is 79.9. The van der Waals surface area contributed by atoms with Crippen molar-refractivity contribution in [3.8, 4) is 0 Å². The lowest BCUT2D eigenvalue weighted by molar-refractivity contribution is 0.278. The van der Waals surface area contributed by atoms with Crippen LogP contribution in [0.25, 0.3) is 10.9 Å². The minimum absolute atomic E-state index is 0.123. The zero-order valence-electron chi connectivity index (χ0n) is 10.9. The van der Waals surface area contributed by atoms with Gasteiger partial charge in [0.2, 0.25) is 9.84 Å². The Hall–Kier alpha value is -1.63. The third kappa shape index (κ3) is 2.50. The molecule has 0 saturated heterocycles. The first-order valence-corrected chi connectivity index (χ1v) is 8.52. The summed E-state index contributed by atoms with van der Waals surface area (Å²) in [6, 6.07) is 13.3. The fourth-order valence-electron chi connectivity index (χ4n) is 2.20. The van der Waals surface area contributed by atoms with Crippen molar-refractivity contribution in [2.75, 3.05) is 0 Å². The molecule has 0 amide bonds. The van der Waals surface area contributed by atoms with Gasteiger partial charge in [-0.05, 0) is 30.3 Å². The van der Waals surface area contributed by atoms with Crippen LogP contribution in [0, 0.1) is 0 Å². The molecule has 3 rings (SSSR count). The van der Waals surface area contributed by atoms with Crippen LogP contribution in [0.1, 0.15) is 5.69 Å². The van der Waals surface area contributed by atoms with Crippen LogP contribution >= 0.6 is 15.9 Å². The van der Waals surface area contributed by atoms with E-state index in [9.17, 15) is 13.5 Å². The molecule has 4 nitrogen and oxygen atoms in total. The van der Waals surface area contributed by atoms with Gasteiger partial charge in [0.1, 0.15) is 0 Å². The summed E-state index contributed by atoms with van der Waals surface area (Å²) >= 11 is 3.39. The van der Waals surface area contributed by atoms with E-state index in [-0.39, 0.29) is 16.4 Å². The molecule has 1 heterocycles. The van der Waals surface area contributed by atoms with Gasteiger partial charge in [0, 0.05) is 21.1 Å². The fourth-order valence-corrected chi connectivity index (χ4v) is 4.26. The molecule has 0 radical (unpaired) electrons. The number of fused-ring (bicyclic) bond motifs is 1. The molecule has 0 bridgehead atoms. The molecule has 6 heteroatoms. The van der Waals surface area contributed by atoms with Crippen molar-refractivity contribution in [3.05, 3.63) is 58.7 Å². The number of aliphatic hydroxyl groups excluding tert-OH is 1. The number of halogens is 1. The minimum atomic E-state index is -3.56. The van der Waals surface area contributed by atoms with Gasteiger partial charge in [0.25, 0.3) is 0 Å². The van der Waals surface area contributed by atoms with E-state index in [2.05, 4.69) is 20.9 Å². The smallest absolute Gasteiger partial charge is 0.206 e. The van der Waals surface area contributed by atoms with Gasteiger partial charge in [-0.3, -0.25) is 0 Å². The summed E-state index contributed by atoms with van der Waals surface area (Å²) in [4.78, 5) is 3.47. The number of rotatable bonds is 3. The average Bonchev–Trinajstić information content (AvgIpc) is 2.92. The second-order valence-corrected chi connectivity index (χ2v) is 7.44. The van der Waals surface area contributed by atoms with E-state index >= 15 is 0 Å². The Morgan fingerprint density at radius 2 is 1.76 bits per heavy atom. The molecule has 0 spiro atoms. The Kier molecular flexibility index (Phi) is 3.61. The summed E-state index contributed by atoms with van der Waals surface area (Å²) in [5, 5.41) is 10.0. The quantitative estimate of drug-likeness (QED) is 0.748. The molecule has 108 valence electrons. The molecule has 0 unspecified atom stereocenters. The SMILES string of the molecule is O=S(=O)(c1ccccc1)c1cc(Br)c2cc(CO)[nH]c2c1. The Morgan fingerprint density at radius 3 is 2.43 bits per heavy atom. The van der Waals surface area contributed by atoms with E-state index < -0.39 is 9.84 Å². The van der Waals surface area contributed by atoms with Gasteiger partial charge >= 0.3 is 0 Å². The maximum atomic E-state index is 12.6. The summed E-state index contributed by atoms with van der Waals surface area (Å²) in [5.41, 5.74) is 1.31. The van der Waals surface area contributed by atoms with Crippen LogP contribution in [0.2, 0.25) is 0 Å². The van der Waals surface area contributed by atoms with Crippen LogP contribution in [-0.4, -0.2) is 18.5 Å². The first-order valence-electron chi connectivity index (χ1n) is 6.24. The fraction of sp³-hybridized carbons (Fsp3) is 0.0667. The largest absolute Gasteiger partial charge is 0.390 e. The van der Waals surface area contributed by atoms with E-state index in [1.807, 2.05) is 0 Å². The summed E-state index contributed by atoms with van der Waals surface area (Å²) in [5.74, 6) is 0. The first-order chi connectivity index (χ1) is 10.0. The van der Waals surface area contributed by atoms with Gasteiger partial charge in [-0.1, -0.05) is 34.1 Å². The number of aliphatic hydroxyl groups is 1. The Labute approximate surface area is 130 Å². The summed E-state index contributed by atoms with van der Waals surface area (Å²) in [7, 11) is -3.56. The van der Waals surface area contributed by atoms with Gasteiger partial charge in [-0.25, -0.2) is 8.42 Å². The number of hydrogen-bond acceptors (Lipinski definition) is 3. The van der Waals surface area contributed by atoms with Crippen molar-refractivity contribution in [3.63, 3.8) is 0 Å². The molecule has 2 aromatic carbocycles. The van der Waals surface area contributed by atoms with E-state index in [0.29, 0.717) is 15.7 Å². The van der Waals surface area contributed by atoms with Crippen molar-refractivity contribution in [2.45, 2.75) is 16.4 Å². The molecule has 2 N–H and O–H groups in total. The minimum Gasteiger partial charge on any atom is -0.390 e. The zero-order valence-corrected chi connectivity index (χ0v) is 13.3. The Bertz CT molecular complexity index is 901. The standard InChI is InChI=1S/C15H12BrNO3S/c16-14-7-12(8-15-13(14)6-10(9-18)17-15)21(19,20)11-4-2-1-3-5-11/h1-8,17-18H,9H2. The number of sulfone groups is 1. The predicted octanol–water partition coefficient (Wildman–Crippen LogP) is 3.26. The number of aromatic amines is 1. The second kappa shape index (κ2) is 5.29. The number of hydrogen-bond donors (Lipinski definition) is 2. The molecule has 0 aliphatic carbocycles. The monoisotopic (exact) mass is 365 g/mol. The number of aromatic nitrogens is 1. The normalized spacial score (nSPS) is 11.9. The van der Waals surface area contributed by atoms with Gasteiger partial charge in [0.05, 0.1) is 16.4 Å². The summed E-state index contributed by atoms with van der Waals surface area (Å²) in [6.07, 6.45) is 0. The average molecular weight is 366 g/mol. The molecule has 0 fully saturated rings. The number of nitrogens with one attached hydrogen (secondary N) is 1. The molecule has 0 saturated carbocycles. The third-order valence-electron chi connectivity index (χ3n) is 3.25. The summed E-state index contributed by atoms with van der Waals surface area (Å²) in [6.45, 7) is -0.123. The van der Waals surface area contributed by atoms with Crippen LogP contribution in [0.15, 0.2) is 62.8 Å². The predicted molar refractivity (Wildman–Crippen MR) is 83.8 cm³/mol. The van der Waals surface area contributed by atoms with E-state index in [0.717, 1.165) is 5.39 Å². The Balaban J connectivity index is 2.21. The summed E-state index contributed by atoms with van der Waals surface area (Å²) < 4.78 is 25.9. The lowest BCUT2D eigenvalue weighted by Gasteiger charge is -2.06. The lowest BCUT2D eigenvalue weighted by atomic mass is 10.2. The van der Waals surface area contributed by atoms with Crippen LogP contribution < -0.4 is 0 Å². The topological polar surface area (TPSA) is 70.2 Å². The highest BCUT2D eigenvalue weighted by Crippen LogP contribution is 2.31. The molecule has 0 aliphatic rings. The number of benzene rings is 2. The molecule has 0 atom stereocenters. The third-order valence-corrected chi connectivity index (χ3v) is 5.66. The molecule has 3 aromatic rings. The second-order valence-electron chi connectivity index (χ2n) is 4.64. The first kappa shape index (κ1) is 14.3. The van der Waals surface area contributed by atoms with E-state index in [1.165, 1.54) is 0 Å². The van der Waals surface area contributed by atoms with Crippen LogP contribution in [0.3, 0.4) is 0 Å². The highest BCUT2D eigenvalue weighted by Gasteiger charge is 2.19.